The Hall–Kier alpha value is -1.14. The van der Waals surface area contributed by atoms with Crippen molar-refractivity contribution >= 4 is 11.9 Å². The van der Waals surface area contributed by atoms with Crippen molar-refractivity contribution in [2.24, 2.45) is 23.5 Å². The number of carbonyl (C=O) groups excluding carboxylic acids is 2. The third kappa shape index (κ3) is 4.91. The largest absolute Gasteiger partial charge is 0.469 e. The molecule has 0 aromatic rings. The van der Waals surface area contributed by atoms with Gasteiger partial charge in [0.25, 0.3) is 0 Å². The van der Waals surface area contributed by atoms with Gasteiger partial charge in [-0.1, -0.05) is 26.7 Å². The van der Waals surface area contributed by atoms with E-state index in [1.54, 1.807) is 0 Å². The number of rotatable bonds is 8. The second kappa shape index (κ2) is 9.23. The molecule has 0 aliphatic heterocycles. The molecule has 1 saturated carbocycles. The van der Waals surface area contributed by atoms with Crippen molar-refractivity contribution in [1.29, 1.82) is 0 Å². The topological polar surface area (TPSA) is 102 Å². The molecule has 0 radical (unpaired) electrons. The third-order valence-corrected chi connectivity index (χ3v) is 4.94. The molecule has 0 saturated heterocycles. The SMILES string of the molecule is CCCC(CCC)C(NC(C)=O)[C@@H]1[C@H](O)[C@@H](C(=O)OC)C[C@H]1N. The smallest absolute Gasteiger partial charge is 0.311 e. The molecule has 1 fully saturated rings. The molecule has 6 nitrogen and oxygen atoms in total. The minimum Gasteiger partial charge on any atom is -0.469 e. The van der Waals surface area contributed by atoms with Gasteiger partial charge >= 0.3 is 5.97 Å². The summed E-state index contributed by atoms with van der Waals surface area (Å²) in [6.45, 7) is 5.69. The van der Waals surface area contributed by atoms with Gasteiger partial charge in [-0.25, -0.2) is 0 Å². The van der Waals surface area contributed by atoms with E-state index in [9.17, 15) is 14.7 Å². The molecule has 1 unspecified atom stereocenters. The number of ether oxygens (including phenoxy) is 1. The maximum absolute atomic E-state index is 11.9. The van der Waals surface area contributed by atoms with E-state index in [1.807, 2.05) is 0 Å². The Bertz CT molecular complexity index is 396. The van der Waals surface area contributed by atoms with E-state index in [-0.39, 0.29) is 29.8 Å². The van der Waals surface area contributed by atoms with Gasteiger partial charge in [0.1, 0.15) is 0 Å². The lowest BCUT2D eigenvalue weighted by molar-refractivity contribution is -0.149. The van der Waals surface area contributed by atoms with Crippen LogP contribution in [0.2, 0.25) is 0 Å². The first-order valence-corrected chi connectivity index (χ1v) is 8.65. The maximum Gasteiger partial charge on any atom is 0.311 e. The molecule has 1 amide bonds. The standard InChI is InChI=1S/C17H32N2O4/c1-5-7-11(8-6-2)15(19-10(3)20)14-13(18)9-12(16(14)21)17(22)23-4/h11-16,21H,5-9,18H2,1-4H3,(H,19,20)/t12-,13+,14+,15?,16+/m0/s1. The highest BCUT2D eigenvalue weighted by Gasteiger charge is 2.49. The van der Waals surface area contributed by atoms with Crippen LogP contribution in [-0.4, -0.2) is 42.3 Å². The van der Waals surface area contributed by atoms with Gasteiger partial charge in [0.05, 0.1) is 19.1 Å². The summed E-state index contributed by atoms with van der Waals surface area (Å²) in [5.41, 5.74) is 6.24. The predicted octanol–water partition coefficient (Wildman–Crippen LogP) is 1.20. The summed E-state index contributed by atoms with van der Waals surface area (Å²) < 4.78 is 4.78. The van der Waals surface area contributed by atoms with Crippen LogP contribution in [0.1, 0.15) is 52.9 Å². The summed E-state index contributed by atoms with van der Waals surface area (Å²) in [7, 11) is 1.32. The Labute approximate surface area is 139 Å². The lowest BCUT2D eigenvalue weighted by atomic mass is 9.79. The summed E-state index contributed by atoms with van der Waals surface area (Å²) in [6, 6.07) is -0.547. The van der Waals surface area contributed by atoms with Crippen LogP contribution in [0.25, 0.3) is 0 Å². The summed E-state index contributed by atoms with van der Waals surface area (Å²) >= 11 is 0. The molecule has 0 aromatic carbocycles. The van der Waals surface area contributed by atoms with E-state index in [2.05, 4.69) is 19.2 Å². The zero-order chi connectivity index (χ0) is 17.6. The van der Waals surface area contributed by atoms with Crippen molar-refractivity contribution in [3.63, 3.8) is 0 Å². The van der Waals surface area contributed by atoms with Gasteiger partial charge in [-0.2, -0.15) is 0 Å². The van der Waals surface area contributed by atoms with E-state index >= 15 is 0 Å². The number of aliphatic hydroxyl groups excluding tert-OH is 1. The highest BCUT2D eigenvalue weighted by Crippen LogP contribution is 2.37. The zero-order valence-corrected chi connectivity index (χ0v) is 14.7. The second-order valence-electron chi connectivity index (χ2n) is 6.66. The van der Waals surface area contributed by atoms with Crippen LogP contribution in [0.5, 0.6) is 0 Å². The summed E-state index contributed by atoms with van der Waals surface area (Å²) in [5.74, 6) is -1.25. The van der Waals surface area contributed by atoms with Crippen LogP contribution in [0.3, 0.4) is 0 Å². The molecule has 1 rings (SSSR count). The fraction of sp³-hybridized carbons (Fsp3) is 0.882. The van der Waals surface area contributed by atoms with Crippen LogP contribution >= 0.6 is 0 Å². The number of nitrogens with one attached hydrogen (secondary N) is 1. The Balaban J connectivity index is 3.04. The minimum atomic E-state index is -0.884. The van der Waals surface area contributed by atoms with Gasteiger partial charge in [0, 0.05) is 24.9 Å². The maximum atomic E-state index is 11.9. The number of esters is 1. The van der Waals surface area contributed by atoms with Crippen molar-refractivity contribution in [2.45, 2.75) is 71.1 Å². The summed E-state index contributed by atoms with van der Waals surface area (Å²) in [5, 5.41) is 13.7. The quantitative estimate of drug-likeness (QED) is 0.581. The first-order chi connectivity index (χ1) is 10.9. The fourth-order valence-electron chi connectivity index (χ4n) is 3.99. The Morgan fingerprint density at radius 3 is 2.30 bits per heavy atom. The van der Waals surface area contributed by atoms with Gasteiger partial charge in [-0.15, -0.1) is 0 Å². The number of aliphatic hydroxyl groups is 1. The van der Waals surface area contributed by atoms with Crippen LogP contribution in [0.15, 0.2) is 0 Å². The number of methoxy groups -OCH3 is 1. The molecular formula is C17H32N2O4. The van der Waals surface area contributed by atoms with E-state index < -0.39 is 18.0 Å². The highest BCUT2D eigenvalue weighted by molar-refractivity contribution is 5.74. The molecular weight excluding hydrogens is 296 g/mol. The van der Waals surface area contributed by atoms with E-state index in [4.69, 9.17) is 10.5 Å². The third-order valence-electron chi connectivity index (χ3n) is 4.94. The van der Waals surface area contributed by atoms with Gasteiger partial charge in [0.15, 0.2) is 0 Å². The monoisotopic (exact) mass is 328 g/mol. The molecule has 134 valence electrons. The van der Waals surface area contributed by atoms with Crippen LogP contribution in [0.4, 0.5) is 0 Å². The number of nitrogens with two attached hydrogens (primary N) is 1. The summed E-state index contributed by atoms with van der Waals surface area (Å²) in [4.78, 5) is 23.5. The molecule has 0 spiro atoms. The molecule has 1 aliphatic rings. The van der Waals surface area contributed by atoms with E-state index in [0.717, 1.165) is 25.7 Å². The predicted molar refractivity (Wildman–Crippen MR) is 88.5 cm³/mol. The molecule has 6 heteroatoms. The van der Waals surface area contributed by atoms with Gasteiger partial charge in [-0.05, 0) is 25.2 Å². The fourth-order valence-corrected chi connectivity index (χ4v) is 3.99. The lowest BCUT2D eigenvalue weighted by Crippen LogP contribution is -2.52. The normalized spacial score (nSPS) is 28.7. The van der Waals surface area contributed by atoms with Crippen molar-refractivity contribution in [2.75, 3.05) is 7.11 Å². The molecule has 0 heterocycles. The number of hydrogen-bond donors (Lipinski definition) is 3. The van der Waals surface area contributed by atoms with Crippen molar-refractivity contribution in [3.05, 3.63) is 0 Å². The molecule has 1 aliphatic carbocycles. The first kappa shape index (κ1) is 19.9. The van der Waals surface area contributed by atoms with Crippen molar-refractivity contribution in [3.8, 4) is 0 Å². The number of hydrogen-bond acceptors (Lipinski definition) is 5. The lowest BCUT2D eigenvalue weighted by Gasteiger charge is -2.36. The number of amides is 1. The molecule has 0 bridgehead atoms. The first-order valence-electron chi connectivity index (χ1n) is 8.65. The average molecular weight is 328 g/mol. The van der Waals surface area contributed by atoms with Crippen LogP contribution < -0.4 is 11.1 Å². The Morgan fingerprint density at radius 2 is 1.87 bits per heavy atom. The van der Waals surface area contributed by atoms with Crippen LogP contribution in [-0.2, 0) is 14.3 Å². The molecule has 0 aromatic heterocycles. The van der Waals surface area contributed by atoms with Crippen molar-refractivity contribution < 1.29 is 19.4 Å². The van der Waals surface area contributed by atoms with Gasteiger partial charge in [-0.3, -0.25) is 9.59 Å². The molecule has 4 N–H and O–H groups in total. The van der Waals surface area contributed by atoms with E-state index in [1.165, 1.54) is 14.0 Å². The minimum absolute atomic E-state index is 0.131. The Kier molecular flexibility index (Phi) is 7.99. The summed E-state index contributed by atoms with van der Waals surface area (Å²) in [6.07, 6.45) is 3.42. The zero-order valence-electron chi connectivity index (χ0n) is 14.7. The Morgan fingerprint density at radius 1 is 1.30 bits per heavy atom. The van der Waals surface area contributed by atoms with Crippen LogP contribution in [0, 0.1) is 17.8 Å². The number of carbonyl (C=O) groups is 2. The highest BCUT2D eigenvalue weighted by atomic mass is 16.5. The average Bonchev–Trinajstić information content (AvgIpc) is 2.79. The second-order valence-corrected chi connectivity index (χ2v) is 6.66. The van der Waals surface area contributed by atoms with E-state index in [0.29, 0.717) is 6.42 Å². The molecule has 5 atom stereocenters. The van der Waals surface area contributed by atoms with Crippen molar-refractivity contribution in [1.82, 2.24) is 5.32 Å². The van der Waals surface area contributed by atoms with Gasteiger partial charge < -0.3 is 20.9 Å². The molecule has 23 heavy (non-hydrogen) atoms. The van der Waals surface area contributed by atoms with Gasteiger partial charge in [0.2, 0.25) is 5.91 Å².